The second-order valence-electron chi connectivity index (χ2n) is 24.1. The zero-order valence-electron chi connectivity index (χ0n) is 47.0. The predicted molar refractivity (Wildman–Crippen MR) is 293 cm³/mol. The van der Waals surface area contributed by atoms with Gasteiger partial charge in [-0.15, -0.1) is 0 Å². The highest BCUT2D eigenvalue weighted by Gasteiger charge is 2.62. The second kappa shape index (κ2) is 26.1. The number of benzene rings is 1. The summed E-state index contributed by atoms with van der Waals surface area (Å²) in [7, 11) is 0. The number of urea groups is 1. The van der Waals surface area contributed by atoms with Crippen molar-refractivity contribution < 1.29 is 63.5 Å². The minimum absolute atomic E-state index is 0.0148. The fourth-order valence-electron chi connectivity index (χ4n) is 14.6. The Hall–Kier alpha value is -5.65. The van der Waals surface area contributed by atoms with Gasteiger partial charge in [0.1, 0.15) is 36.0 Å². The normalized spacial score (nSPS) is 30.7. The molecule has 8 amide bonds. The van der Waals surface area contributed by atoms with Gasteiger partial charge in [-0.25, -0.2) is 4.79 Å². The average Bonchev–Trinajstić information content (AvgIpc) is 4.10. The maximum absolute atomic E-state index is 15.4. The molecule has 13 N–H and O–H groups in total. The molecule has 1 spiro atoms. The maximum Gasteiger partial charge on any atom is 0.318 e. The van der Waals surface area contributed by atoms with E-state index < -0.39 is 90.5 Å². The van der Waals surface area contributed by atoms with E-state index in [1.54, 1.807) is 12.1 Å². The molecule has 3 heterocycles. The number of aromatic hydroxyl groups is 1. The van der Waals surface area contributed by atoms with Gasteiger partial charge in [0.05, 0.1) is 50.3 Å². The van der Waals surface area contributed by atoms with Crippen LogP contribution in [0.3, 0.4) is 0 Å². The van der Waals surface area contributed by atoms with Crippen LogP contribution in [0, 0.1) is 35.0 Å². The highest BCUT2D eigenvalue weighted by Crippen LogP contribution is 2.65. The molecule has 442 valence electrons. The van der Waals surface area contributed by atoms with Crippen LogP contribution in [0.1, 0.15) is 117 Å². The van der Waals surface area contributed by atoms with Gasteiger partial charge in [-0.2, -0.15) is 0 Å². The number of hydrogen-bond acceptors (Lipinski definition) is 14. The molecule has 22 nitrogen and oxygen atoms in total. The van der Waals surface area contributed by atoms with Crippen molar-refractivity contribution in [3.8, 4) is 5.75 Å². The number of fused-ring (bicyclic) bond motifs is 6. The predicted octanol–water partition coefficient (Wildman–Crippen LogP) is 0.918. The van der Waals surface area contributed by atoms with E-state index in [0.29, 0.717) is 55.9 Å². The summed E-state index contributed by atoms with van der Waals surface area (Å²) >= 11 is 0. The van der Waals surface area contributed by atoms with E-state index in [0.717, 1.165) is 51.4 Å². The number of phenols is 1. The number of aliphatic hydroxyl groups is 3. The van der Waals surface area contributed by atoms with Crippen LogP contribution in [0.25, 0.3) is 0 Å². The Morgan fingerprint density at radius 2 is 1.45 bits per heavy atom. The highest BCUT2D eigenvalue weighted by atomic mass is 16.5. The van der Waals surface area contributed by atoms with Crippen molar-refractivity contribution in [1.82, 2.24) is 36.4 Å². The lowest BCUT2D eigenvalue weighted by Crippen LogP contribution is -2.62. The molecule has 0 aromatic heterocycles. The van der Waals surface area contributed by atoms with E-state index in [2.05, 4.69) is 60.4 Å². The Kier molecular flexibility index (Phi) is 19.7. The van der Waals surface area contributed by atoms with Crippen molar-refractivity contribution >= 4 is 41.5 Å². The van der Waals surface area contributed by atoms with E-state index in [1.165, 1.54) is 33.8 Å². The number of phenolic OH excluding ortho intramolecular Hbond substituents is 1. The number of morpholine rings is 1. The Bertz CT molecular complexity index is 2510. The average molecular weight is 1120 g/mol. The zero-order valence-corrected chi connectivity index (χ0v) is 47.0. The van der Waals surface area contributed by atoms with Crippen molar-refractivity contribution in [3.63, 3.8) is 0 Å². The minimum atomic E-state index is -1.64. The summed E-state index contributed by atoms with van der Waals surface area (Å²) < 4.78 is 12.6. The second-order valence-corrected chi connectivity index (χ2v) is 24.1. The first-order valence-electron chi connectivity index (χ1n) is 29.1. The van der Waals surface area contributed by atoms with E-state index >= 15 is 4.79 Å². The topological polar surface area (TPSA) is 338 Å². The molecule has 22 heteroatoms. The molecule has 15 atom stereocenters. The molecule has 3 saturated heterocycles. The van der Waals surface area contributed by atoms with E-state index in [4.69, 9.17) is 20.9 Å². The first-order chi connectivity index (χ1) is 38.2. The molecule has 0 unspecified atom stereocenters. The Balaban J connectivity index is 1.00. The number of nitrogens with two attached hydrogens (primary N) is 2. The summed E-state index contributed by atoms with van der Waals surface area (Å²) in [6, 6.07) is -2.14. The largest absolute Gasteiger partial charge is 0.508 e. The number of carbonyl (C=O) groups is 7. The summed E-state index contributed by atoms with van der Waals surface area (Å²) in [6.07, 6.45) is 9.20. The third-order valence-corrected chi connectivity index (χ3v) is 19.1. The number of ether oxygens (including phenoxy) is 2. The summed E-state index contributed by atoms with van der Waals surface area (Å²) in [4.78, 5) is 100. The van der Waals surface area contributed by atoms with Crippen LogP contribution in [-0.4, -0.2) is 178 Å². The van der Waals surface area contributed by atoms with Gasteiger partial charge in [-0.05, 0) is 143 Å². The van der Waals surface area contributed by atoms with Gasteiger partial charge in [0, 0.05) is 38.4 Å². The number of rotatable bonds is 21. The molecule has 0 radical (unpaired) electrons. The van der Waals surface area contributed by atoms with Gasteiger partial charge >= 0.3 is 6.03 Å². The number of allylic oxidation sites excluding steroid dienone is 2. The van der Waals surface area contributed by atoms with Crippen LogP contribution in [0.2, 0.25) is 0 Å². The fraction of sp³-hybridized carbons (Fsp3) is 0.707. The first kappa shape index (κ1) is 60.4. The molecule has 8 rings (SSSR count). The fourth-order valence-corrected chi connectivity index (χ4v) is 14.6. The van der Waals surface area contributed by atoms with Gasteiger partial charge in [0.2, 0.25) is 35.4 Å². The molecule has 1 aromatic carbocycles. The SMILES string of the molecule is CC1=C2C[C@H]3[C@@H](CC=C4C[C@@H](O)CC[C@@]43C)[C@@H]2CC[C@]12O[C@@H]1C[C@H](C)CN(C(=O)[C@H](CCC(N)=O)NC(=O)[C@H](Cc3ccc(O)cc3)NC(=O)[C@H](CCCCN)NC(=O)[C@H](CO)NC(=O)[C@H](CO)NC(=O)N3CCOCC3)[C@H]1[C@H]2C. The Labute approximate surface area is 468 Å². The number of nitrogens with zero attached hydrogens (tertiary/aromatic N) is 2. The van der Waals surface area contributed by atoms with Crippen molar-refractivity contribution in [2.24, 2.45) is 46.5 Å². The third-order valence-electron chi connectivity index (χ3n) is 19.1. The Morgan fingerprint density at radius 3 is 2.12 bits per heavy atom. The zero-order chi connectivity index (χ0) is 57.6. The number of hydrogen-bond donors (Lipinski definition) is 11. The number of piperidine rings is 1. The summed E-state index contributed by atoms with van der Waals surface area (Å²) in [5.74, 6) is -3.29. The monoisotopic (exact) mass is 1120 g/mol. The molecule has 5 fully saturated rings. The number of nitrogens with one attached hydrogen (secondary N) is 5. The lowest BCUT2D eigenvalue weighted by Gasteiger charge is -2.49. The number of carbonyl (C=O) groups excluding carboxylic acids is 7. The molecular formula is C58H87N9O13. The van der Waals surface area contributed by atoms with Crippen molar-refractivity contribution in [2.75, 3.05) is 52.6 Å². The summed E-state index contributed by atoms with van der Waals surface area (Å²) in [5.41, 5.74) is 15.6. The minimum Gasteiger partial charge on any atom is -0.508 e. The standard InChI is InChI=1S/C58H87N9O13/c1-32-25-48-50(34(3)58(80-48)19-17-39-40-13-10-36-27-38(71)16-18-57(36,4)42(40)28-41(39)33(58)2)67(29-32)55(77)44(14-15-49(60)72)62-52(74)45(26-35-8-11-37(70)12-9-35)63-51(73)43(7-5-6-20-59)61-53(75)46(30-68)64-54(76)47(31-69)65-56(78)66-21-23-79-24-22-66/h8-12,32,34,38-40,42-48,50,68-71H,5-7,13-31,59H2,1-4H3,(H2,60,72)(H,61,75)(H,62,74)(H,63,73)(H,64,76)(H,65,78)/t32-,34+,38-,39-,40-,42-,43-,44-,45-,46-,47-,48+,50-,57-,58-/m0/s1. The Morgan fingerprint density at radius 1 is 0.812 bits per heavy atom. The molecule has 0 bridgehead atoms. The number of aliphatic hydroxyl groups excluding tert-OH is 3. The van der Waals surface area contributed by atoms with Gasteiger partial charge < -0.3 is 77.8 Å². The summed E-state index contributed by atoms with van der Waals surface area (Å²) in [6.45, 7) is 8.88. The highest BCUT2D eigenvalue weighted by molar-refractivity contribution is 5.96. The van der Waals surface area contributed by atoms with E-state index in [9.17, 15) is 49.2 Å². The quantitative estimate of drug-likeness (QED) is 0.0603. The van der Waals surface area contributed by atoms with Crippen LogP contribution < -0.4 is 38.1 Å². The molecule has 80 heavy (non-hydrogen) atoms. The van der Waals surface area contributed by atoms with Crippen molar-refractivity contribution in [2.45, 2.75) is 172 Å². The summed E-state index contributed by atoms with van der Waals surface area (Å²) in [5, 5.41) is 54.1. The van der Waals surface area contributed by atoms with Gasteiger partial charge in [-0.3, -0.25) is 28.8 Å². The molecular weight excluding hydrogens is 1030 g/mol. The van der Waals surface area contributed by atoms with E-state index in [1.807, 2.05) is 4.90 Å². The molecule has 4 aliphatic carbocycles. The van der Waals surface area contributed by atoms with Crippen LogP contribution in [0.5, 0.6) is 5.75 Å². The third kappa shape index (κ3) is 13.0. The molecule has 2 saturated carbocycles. The maximum atomic E-state index is 15.4. The number of likely N-dealkylation sites (tertiary alicyclic amines) is 1. The van der Waals surface area contributed by atoms with Crippen LogP contribution in [-0.2, 0) is 44.7 Å². The lowest BCUT2D eigenvalue weighted by molar-refractivity contribution is -0.144. The van der Waals surface area contributed by atoms with Crippen molar-refractivity contribution in [3.05, 3.63) is 52.6 Å². The van der Waals surface area contributed by atoms with Crippen molar-refractivity contribution in [1.29, 1.82) is 0 Å². The van der Waals surface area contributed by atoms with Gasteiger partial charge in [-0.1, -0.05) is 50.1 Å². The molecule has 3 aliphatic heterocycles. The van der Waals surface area contributed by atoms with Gasteiger partial charge in [0.15, 0.2) is 0 Å². The van der Waals surface area contributed by atoms with Crippen LogP contribution in [0.4, 0.5) is 4.79 Å². The van der Waals surface area contributed by atoms with Gasteiger partial charge in [0.25, 0.3) is 0 Å². The number of amides is 8. The first-order valence-corrected chi connectivity index (χ1v) is 29.1. The molecule has 1 aromatic rings. The van der Waals surface area contributed by atoms with E-state index in [-0.39, 0.29) is 86.6 Å². The van der Waals surface area contributed by atoms with Crippen LogP contribution >= 0.6 is 0 Å². The lowest BCUT2D eigenvalue weighted by atomic mass is 9.56. The van der Waals surface area contributed by atoms with Crippen LogP contribution in [0.15, 0.2) is 47.1 Å². The molecule has 7 aliphatic rings. The smallest absolute Gasteiger partial charge is 0.318 e. The number of primary amides is 1. The number of unbranched alkanes of at least 4 members (excludes halogenated alkanes) is 1.